The Hall–Kier alpha value is -2.54. The van der Waals surface area contributed by atoms with Gasteiger partial charge in [-0.25, -0.2) is 14.8 Å². The number of aryl methyl sites for hydroxylation is 1. The van der Waals surface area contributed by atoms with Gasteiger partial charge in [0.05, 0.1) is 0 Å². The van der Waals surface area contributed by atoms with Crippen molar-refractivity contribution >= 4 is 34.6 Å². The van der Waals surface area contributed by atoms with Crippen LogP contribution >= 0.6 is 11.8 Å². The molecular formula is C19H21N5OS. The molecule has 1 aliphatic heterocycles. The van der Waals surface area contributed by atoms with E-state index in [4.69, 9.17) is 4.98 Å². The molecule has 0 spiro atoms. The highest BCUT2D eigenvalue weighted by Gasteiger charge is 2.30. The molecule has 0 unspecified atom stereocenters. The second-order valence-corrected chi connectivity index (χ2v) is 7.35. The fourth-order valence-corrected chi connectivity index (χ4v) is 3.92. The van der Waals surface area contributed by atoms with Gasteiger partial charge in [-0.3, -0.25) is 0 Å². The topological polar surface area (TPSA) is 63.1 Å². The standard InChI is InChI=1S/C19H21N5OS/c1-23-17(22-16-7-4-9-20-18(16)23)13-8-10-24(12-13)19(25)21-14-5-3-6-15(11-14)26-2/h3-7,9,11,13H,8,10,12H2,1-2H3,(H,21,25)/t13-/m0/s1. The third-order valence-electron chi connectivity index (χ3n) is 4.82. The minimum atomic E-state index is -0.0531. The summed E-state index contributed by atoms with van der Waals surface area (Å²) in [5.74, 6) is 1.23. The number of thioether (sulfide) groups is 1. The minimum absolute atomic E-state index is 0.0531. The first kappa shape index (κ1) is 16.9. The summed E-state index contributed by atoms with van der Waals surface area (Å²) in [4.78, 5) is 24.8. The highest BCUT2D eigenvalue weighted by atomic mass is 32.2. The number of urea groups is 1. The highest BCUT2D eigenvalue weighted by Crippen LogP contribution is 2.29. The molecule has 1 aromatic carbocycles. The highest BCUT2D eigenvalue weighted by molar-refractivity contribution is 7.98. The molecule has 26 heavy (non-hydrogen) atoms. The number of carbonyl (C=O) groups is 1. The van der Waals surface area contributed by atoms with E-state index >= 15 is 0 Å². The summed E-state index contributed by atoms with van der Waals surface area (Å²) >= 11 is 1.66. The van der Waals surface area contributed by atoms with Gasteiger partial charge in [-0.15, -0.1) is 11.8 Å². The van der Waals surface area contributed by atoms with E-state index in [2.05, 4.69) is 10.3 Å². The van der Waals surface area contributed by atoms with Gasteiger partial charge < -0.3 is 14.8 Å². The van der Waals surface area contributed by atoms with Crippen LogP contribution in [0.5, 0.6) is 0 Å². The van der Waals surface area contributed by atoms with Crippen LogP contribution in [-0.4, -0.2) is 44.8 Å². The van der Waals surface area contributed by atoms with Crippen molar-refractivity contribution in [2.24, 2.45) is 7.05 Å². The Bertz CT molecular complexity index is 954. The second kappa shape index (κ2) is 6.99. The van der Waals surface area contributed by atoms with Gasteiger partial charge in [0, 0.05) is 42.8 Å². The summed E-state index contributed by atoms with van der Waals surface area (Å²) in [6.07, 6.45) is 4.72. The largest absolute Gasteiger partial charge is 0.324 e. The second-order valence-electron chi connectivity index (χ2n) is 6.47. The van der Waals surface area contributed by atoms with E-state index in [1.807, 2.05) is 59.2 Å². The van der Waals surface area contributed by atoms with Crippen molar-refractivity contribution in [2.45, 2.75) is 17.2 Å². The normalized spacial score (nSPS) is 17.0. The van der Waals surface area contributed by atoms with Gasteiger partial charge in [0.2, 0.25) is 0 Å². The number of hydrogen-bond acceptors (Lipinski definition) is 4. The van der Waals surface area contributed by atoms with Crippen LogP contribution in [0.15, 0.2) is 47.5 Å². The lowest BCUT2D eigenvalue weighted by Crippen LogP contribution is -2.33. The Labute approximate surface area is 156 Å². The van der Waals surface area contributed by atoms with Crippen LogP contribution in [0.2, 0.25) is 0 Å². The number of amides is 2. The Balaban J connectivity index is 1.47. The first-order chi connectivity index (χ1) is 12.7. The quantitative estimate of drug-likeness (QED) is 0.717. The van der Waals surface area contributed by atoms with Crippen LogP contribution < -0.4 is 5.32 Å². The minimum Gasteiger partial charge on any atom is -0.324 e. The molecule has 1 N–H and O–H groups in total. The number of nitrogens with zero attached hydrogens (tertiary/aromatic N) is 4. The number of fused-ring (bicyclic) bond motifs is 1. The molecule has 3 aromatic rings. The van der Waals surface area contributed by atoms with Crippen LogP contribution in [-0.2, 0) is 7.05 Å². The Morgan fingerprint density at radius 1 is 1.31 bits per heavy atom. The van der Waals surface area contributed by atoms with Crippen molar-refractivity contribution in [3.05, 3.63) is 48.4 Å². The fraction of sp³-hybridized carbons (Fsp3) is 0.316. The Kier molecular flexibility index (Phi) is 4.55. The summed E-state index contributed by atoms with van der Waals surface area (Å²) in [5, 5.41) is 3.01. The van der Waals surface area contributed by atoms with E-state index in [-0.39, 0.29) is 11.9 Å². The number of imidazole rings is 1. The van der Waals surface area contributed by atoms with E-state index < -0.39 is 0 Å². The lowest BCUT2D eigenvalue weighted by molar-refractivity contribution is 0.222. The molecule has 2 aromatic heterocycles. The van der Waals surface area contributed by atoms with E-state index in [0.29, 0.717) is 6.54 Å². The number of anilines is 1. The van der Waals surface area contributed by atoms with Crippen LogP contribution in [0.25, 0.3) is 11.2 Å². The molecule has 1 fully saturated rings. The maximum absolute atomic E-state index is 12.6. The first-order valence-electron chi connectivity index (χ1n) is 8.63. The summed E-state index contributed by atoms with van der Waals surface area (Å²) in [6, 6.07) is 11.7. The van der Waals surface area contributed by atoms with Crippen molar-refractivity contribution in [1.29, 1.82) is 0 Å². The lowest BCUT2D eigenvalue weighted by atomic mass is 10.1. The van der Waals surface area contributed by atoms with Crippen molar-refractivity contribution in [1.82, 2.24) is 19.4 Å². The smallest absolute Gasteiger partial charge is 0.321 e. The number of nitrogens with one attached hydrogen (secondary N) is 1. The van der Waals surface area contributed by atoms with Crippen molar-refractivity contribution < 1.29 is 4.79 Å². The SMILES string of the molecule is CSc1cccc(NC(=O)N2CC[C@H](c3nc4cccnc4n3C)C2)c1. The van der Waals surface area contributed by atoms with Crippen LogP contribution in [0, 0.1) is 0 Å². The molecule has 6 nitrogen and oxygen atoms in total. The lowest BCUT2D eigenvalue weighted by Gasteiger charge is -2.17. The molecule has 0 radical (unpaired) electrons. The number of likely N-dealkylation sites (tertiary alicyclic amines) is 1. The maximum Gasteiger partial charge on any atom is 0.321 e. The molecule has 0 aliphatic carbocycles. The third kappa shape index (κ3) is 3.14. The summed E-state index contributed by atoms with van der Waals surface area (Å²) < 4.78 is 2.04. The van der Waals surface area contributed by atoms with Crippen LogP contribution in [0.4, 0.5) is 10.5 Å². The molecule has 3 heterocycles. The zero-order chi connectivity index (χ0) is 18.1. The molecule has 1 saturated heterocycles. The molecule has 4 rings (SSSR count). The van der Waals surface area contributed by atoms with Gasteiger partial charge >= 0.3 is 6.03 Å². The molecule has 1 aliphatic rings. The zero-order valence-corrected chi connectivity index (χ0v) is 15.7. The average molecular weight is 367 g/mol. The zero-order valence-electron chi connectivity index (χ0n) is 14.8. The van der Waals surface area contributed by atoms with E-state index in [0.717, 1.165) is 40.5 Å². The molecule has 2 amide bonds. The van der Waals surface area contributed by atoms with Crippen LogP contribution in [0.1, 0.15) is 18.2 Å². The maximum atomic E-state index is 12.6. The van der Waals surface area contributed by atoms with Gasteiger partial charge in [-0.2, -0.15) is 0 Å². The summed E-state index contributed by atoms with van der Waals surface area (Å²) in [5.41, 5.74) is 2.62. The molecular weight excluding hydrogens is 346 g/mol. The Morgan fingerprint density at radius 3 is 3.00 bits per heavy atom. The van der Waals surface area contributed by atoms with E-state index in [1.54, 1.807) is 18.0 Å². The monoisotopic (exact) mass is 367 g/mol. The number of carbonyl (C=O) groups excluding carboxylic acids is 1. The number of hydrogen-bond donors (Lipinski definition) is 1. The molecule has 134 valence electrons. The molecule has 7 heteroatoms. The van der Waals surface area contributed by atoms with Gasteiger partial charge in [0.1, 0.15) is 11.3 Å². The van der Waals surface area contributed by atoms with Gasteiger partial charge in [0.15, 0.2) is 5.65 Å². The number of pyridine rings is 1. The van der Waals surface area contributed by atoms with Crippen molar-refractivity contribution in [3.8, 4) is 0 Å². The predicted molar refractivity (Wildman–Crippen MR) is 105 cm³/mol. The molecule has 0 saturated carbocycles. The number of benzene rings is 1. The Morgan fingerprint density at radius 2 is 2.19 bits per heavy atom. The predicted octanol–water partition coefficient (Wildman–Crippen LogP) is 3.71. The first-order valence-corrected chi connectivity index (χ1v) is 9.85. The fourth-order valence-electron chi connectivity index (χ4n) is 3.47. The number of rotatable bonds is 3. The third-order valence-corrected chi connectivity index (χ3v) is 5.55. The summed E-state index contributed by atoms with van der Waals surface area (Å²) in [6.45, 7) is 1.40. The van der Waals surface area contributed by atoms with Gasteiger partial charge in [-0.1, -0.05) is 6.07 Å². The molecule has 0 bridgehead atoms. The molecule has 1 atom stereocenters. The van der Waals surface area contributed by atoms with Crippen molar-refractivity contribution in [3.63, 3.8) is 0 Å². The van der Waals surface area contributed by atoms with Crippen LogP contribution in [0.3, 0.4) is 0 Å². The van der Waals surface area contributed by atoms with E-state index in [1.165, 1.54) is 0 Å². The number of aromatic nitrogens is 3. The van der Waals surface area contributed by atoms with E-state index in [9.17, 15) is 4.79 Å². The van der Waals surface area contributed by atoms with Gasteiger partial charge in [0.25, 0.3) is 0 Å². The average Bonchev–Trinajstić information content (AvgIpc) is 3.27. The summed E-state index contributed by atoms with van der Waals surface area (Å²) in [7, 11) is 1.99. The van der Waals surface area contributed by atoms with Gasteiger partial charge in [-0.05, 0) is 43.0 Å². The van der Waals surface area contributed by atoms with Crippen molar-refractivity contribution in [2.75, 3.05) is 24.7 Å².